The molecule has 1 saturated heterocycles. The van der Waals surface area contributed by atoms with Crippen LogP contribution in [0.5, 0.6) is 0 Å². The summed E-state index contributed by atoms with van der Waals surface area (Å²) in [5.74, 6) is 0. The van der Waals surface area contributed by atoms with E-state index in [0.717, 1.165) is 24.3 Å². The number of piperidine rings is 1. The van der Waals surface area contributed by atoms with Crippen molar-refractivity contribution in [3.63, 3.8) is 0 Å². The number of aryl methyl sites for hydroxylation is 1. The lowest BCUT2D eigenvalue weighted by molar-refractivity contribution is -0.384. The van der Waals surface area contributed by atoms with Crippen molar-refractivity contribution in [2.75, 3.05) is 18.0 Å². The normalized spacial score (nSPS) is 18.7. The van der Waals surface area contributed by atoms with Crippen LogP contribution in [0.15, 0.2) is 18.2 Å². The minimum Gasteiger partial charge on any atom is -0.390 e. The van der Waals surface area contributed by atoms with Crippen LogP contribution in [0.25, 0.3) is 0 Å². The van der Waals surface area contributed by atoms with Crippen molar-refractivity contribution in [1.29, 1.82) is 0 Å². The average molecular weight is 250 g/mol. The van der Waals surface area contributed by atoms with Gasteiger partial charge in [0.2, 0.25) is 0 Å². The van der Waals surface area contributed by atoms with Gasteiger partial charge in [0.25, 0.3) is 5.69 Å². The van der Waals surface area contributed by atoms with Crippen LogP contribution in [0, 0.1) is 17.0 Å². The van der Waals surface area contributed by atoms with Crippen LogP contribution >= 0.6 is 0 Å². The topological polar surface area (TPSA) is 66.6 Å². The molecule has 1 heterocycles. The molecule has 1 aromatic rings. The zero-order valence-electron chi connectivity index (χ0n) is 10.7. The summed E-state index contributed by atoms with van der Waals surface area (Å²) in [6.45, 7) is 5.15. The third-order valence-corrected chi connectivity index (χ3v) is 3.46. The van der Waals surface area contributed by atoms with Gasteiger partial charge in [0.1, 0.15) is 0 Å². The number of non-ortho nitro benzene ring substituents is 1. The third-order valence-electron chi connectivity index (χ3n) is 3.46. The minimum absolute atomic E-state index is 0.127. The van der Waals surface area contributed by atoms with Gasteiger partial charge in [0, 0.05) is 30.9 Å². The van der Waals surface area contributed by atoms with Gasteiger partial charge in [-0.25, -0.2) is 0 Å². The second-order valence-corrected chi connectivity index (χ2v) is 5.27. The molecule has 0 aliphatic carbocycles. The van der Waals surface area contributed by atoms with E-state index in [2.05, 4.69) is 4.90 Å². The molecule has 1 aliphatic heterocycles. The van der Waals surface area contributed by atoms with Gasteiger partial charge < -0.3 is 10.0 Å². The van der Waals surface area contributed by atoms with E-state index >= 15 is 0 Å². The Bertz CT molecular complexity index is 461. The molecule has 0 unspecified atom stereocenters. The lowest BCUT2D eigenvalue weighted by Gasteiger charge is -2.37. The Morgan fingerprint density at radius 1 is 1.33 bits per heavy atom. The number of nitro benzene ring substituents is 1. The van der Waals surface area contributed by atoms with Crippen LogP contribution in [0.2, 0.25) is 0 Å². The number of anilines is 1. The molecule has 0 amide bonds. The van der Waals surface area contributed by atoms with Gasteiger partial charge in [-0.2, -0.15) is 0 Å². The standard InChI is InChI=1S/C13H18N2O3/c1-10-7-11(9-12(8-10)15(17)18)14-5-3-13(2,16)4-6-14/h7-9,16H,3-6H2,1-2H3. The van der Waals surface area contributed by atoms with E-state index in [-0.39, 0.29) is 10.6 Å². The maximum Gasteiger partial charge on any atom is 0.271 e. The summed E-state index contributed by atoms with van der Waals surface area (Å²) in [5.41, 5.74) is 1.28. The first-order chi connectivity index (χ1) is 8.37. The number of hydrogen-bond donors (Lipinski definition) is 1. The smallest absolute Gasteiger partial charge is 0.271 e. The van der Waals surface area contributed by atoms with Crippen molar-refractivity contribution in [1.82, 2.24) is 0 Å². The monoisotopic (exact) mass is 250 g/mol. The quantitative estimate of drug-likeness (QED) is 0.645. The predicted molar refractivity (Wildman–Crippen MR) is 69.9 cm³/mol. The molecule has 0 radical (unpaired) electrons. The molecular weight excluding hydrogens is 232 g/mol. The molecule has 1 aliphatic rings. The van der Waals surface area contributed by atoms with Crippen LogP contribution in [0.3, 0.4) is 0 Å². The first kappa shape index (κ1) is 12.8. The first-order valence-corrected chi connectivity index (χ1v) is 6.11. The molecule has 0 bridgehead atoms. The van der Waals surface area contributed by atoms with Crippen molar-refractivity contribution in [3.05, 3.63) is 33.9 Å². The maximum atomic E-state index is 10.8. The lowest BCUT2D eigenvalue weighted by Crippen LogP contribution is -2.42. The van der Waals surface area contributed by atoms with Crippen LogP contribution in [0.1, 0.15) is 25.3 Å². The number of benzene rings is 1. The second kappa shape index (κ2) is 4.57. The average Bonchev–Trinajstić information content (AvgIpc) is 2.28. The Labute approximate surface area is 106 Å². The van der Waals surface area contributed by atoms with Crippen molar-refractivity contribution in [2.45, 2.75) is 32.3 Å². The van der Waals surface area contributed by atoms with Gasteiger partial charge in [-0.3, -0.25) is 10.1 Å². The Balaban J connectivity index is 2.21. The second-order valence-electron chi connectivity index (χ2n) is 5.27. The summed E-state index contributed by atoms with van der Waals surface area (Å²) in [6, 6.07) is 5.13. The van der Waals surface area contributed by atoms with Crippen molar-refractivity contribution < 1.29 is 10.0 Å². The molecule has 5 heteroatoms. The van der Waals surface area contributed by atoms with Crippen LogP contribution < -0.4 is 4.90 Å². The highest BCUT2D eigenvalue weighted by Crippen LogP contribution is 2.29. The SMILES string of the molecule is Cc1cc(N2CCC(C)(O)CC2)cc([N+](=O)[O-])c1. The van der Waals surface area contributed by atoms with Crippen LogP contribution in [-0.2, 0) is 0 Å². The number of nitrogens with zero attached hydrogens (tertiary/aromatic N) is 2. The summed E-state index contributed by atoms with van der Waals surface area (Å²) < 4.78 is 0. The molecule has 1 N–H and O–H groups in total. The minimum atomic E-state index is -0.605. The fraction of sp³-hybridized carbons (Fsp3) is 0.538. The van der Waals surface area contributed by atoms with Crippen LogP contribution in [-0.4, -0.2) is 28.7 Å². The molecule has 0 aromatic heterocycles. The summed E-state index contributed by atoms with van der Waals surface area (Å²) in [4.78, 5) is 12.6. The molecule has 1 fully saturated rings. The maximum absolute atomic E-state index is 10.8. The molecule has 0 saturated carbocycles. The largest absolute Gasteiger partial charge is 0.390 e. The molecular formula is C13H18N2O3. The van der Waals surface area contributed by atoms with E-state index in [1.54, 1.807) is 12.1 Å². The van der Waals surface area contributed by atoms with Crippen LogP contribution in [0.4, 0.5) is 11.4 Å². The molecule has 18 heavy (non-hydrogen) atoms. The van der Waals surface area contributed by atoms with Crippen molar-refractivity contribution in [2.24, 2.45) is 0 Å². The summed E-state index contributed by atoms with van der Waals surface area (Å²) in [6.07, 6.45) is 1.38. The number of aliphatic hydroxyl groups is 1. The molecule has 1 aromatic carbocycles. The number of nitro groups is 1. The van der Waals surface area contributed by atoms with Gasteiger partial charge in [0.15, 0.2) is 0 Å². The Hall–Kier alpha value is -1.62. The Morgan fingerprint density at radius 3 is 2.50 bits per heavy atom. The molecule has 2 rings (SSSR count). The number of hydrogen-bond acceptors (Lipinski definition) is 4. The Morgan fingerprint density at radius 2 is 1.94 bits per heavy atom. The fourth-order valence-corrected chi connectivity index (χ4v) is 2.28. The third kappa shape index (κ3) is 2.79. The van der Waals surface area contributed by atoms with E-state index in [0.29, 0.717) is 12.8 Å². The van der Waals surface area contributed by atoms with Gasteiger partial charge in [0.05, 0.1) is 10.5 Å². The van der Waals surface area contributed by atoms with Gasteiger partial charge in [-0.15, -0.1) is 0 Å². The van der Waals surface area contributed by atoms with Gasteiger partial charge in [-0.05, 0) is 38.3 Å². The van der Waals surface area contributed by atoms with Crippen molar-refractivity contribution in [3.8, 4) is 0 Å². The van der Waals surface area contributed by atoms with E-state index < -0.39 is 5.60 Å². The summed E-state index contributed by atoms with van der Waals surface area (Å²) in [5, 5.41) is 20.7. The fourth-order valence-electron chi connectivity index (χ4n) is 2.28. The predicted octanol–water partition coefficient (Wildman–Crippen LogP) is 2.25. The van der Waals surface area contributed by atoms with E-state index in [1.165, 1.54) is 0 Å². The molecule has 98 valence electrons. The zero-order chi connectivity index (χ0) is 13.3. The zero-order valence-corrected chi connectivity index (χ0v) is 10.7. The Kier molecular flexibility index (Phi) is 3.26. The molecule has 0 spiro atoms. The highest BCUT2D eigenvalue weighted by Gasteiger charge is 2.27. The highest BCUT2D eigenvalue weighted by atomic mass is 16.6. The summed E-state index contributed by atoms with van der Waals surface area (Å²) in [7, 11) is 0. The lowest BCUT2D eigenvalue weighted by atomic mass is 9.93. The van der Waals surface area contributed by atoms with Gasteiger partial charge >= 0.3 is 0 Å². The number of rotatable bonds is 2. The molecule has 0 atom stereocenters. The van der Waals surface area contributed by atoms with E-state index in [1.807, 2.05) is 19.9 Å². The van der Waals surface area contributed by atoms with Gasteiger partial charge in [-0.1, -0.05) is 0 Å². The van der Waals surface area contributed by atoms with E-state index in [9.17, 15) is 15.2 Å². The van der Waals surface area contributed by atoms with E-state index in [4.69, 9.17) is 0 Å². The van der Waals surface area contributed by atoms with Crippen molar-refractivity contribution >= 4 is 11.4 Å². The summed E-state index contributed by atoms with van der Waals surface area (Å²) >= 11 is 0. The first-order valence-electron chi connectivity index (χ1n) is 6.11. The molecule has 5 nitrogen and oxygen atoms in total. The highest BCUT2D eigenvalue weighted by molar-refractivity contribution is 5.56.